The summed E-state index contributed by atoms with van der Waals surface area (Å²) in [6.07, 6.45) is 0. The molecule has 47 heavy (non-hydrogen) atoms. The van der Waals surface area contributed by atoms with Gasteiger partial charge in [-0.05, 0) is 68.7 Å². The fourth-order valence-electron chi connectivity index (χ4n) is 5.62. The van der Waals surface area contributed by atoms with Crippen LogP contribution in [0.15, 0.2) is 94.7 Å². The Balaban J connectivity index is 1.62. The van der Waals surface area contributed by atoms with Crippen molar-refractivity contribution in [1.29, 1.82) is 0 Å². The summed E-state index contributed by atoms with van der Waals surface area (Å²) in [4.78, 5) is 50.7. The highest BCUT2D eigenvalue weighted by atomic mass is 32.2. The quantitative estimate of drug-likeness (QED) is 0.0773. The number of carbonyl (C=O) groups excluding carboxylic acids is 2. The van der Waals surface area contributed by atoms with E-state index >= 15 is 0 Å². The van der Waals surface area contributed by atoms with Gasteiger partial charge in [-0.15, -0.1) is 0 Å². The zero-order valence-corrected chi connectivity index (χ0v) is 25.0. The van der Waals surface area contributed by atoms with Crippen molar-refractivity contribution in [3.63, 3.8) is 0 Å². The molecule has 15 heteroatoms. The van der Waals surface area contributed by atoms with Crippen LogP contribution in [0, 0.1) is 0 Å². The second kappa shape index (κ2) is 11.0. The van der Waals surface area contributed by atoms with Crippen molar-refractivity contribution in [3.05, 3.63) is 107 Å². The Kier molecular flexibility index (Phi) is 7.28. The molecule has 6 aromatic rings. The van der Waals surface area contributed by atoms with Gasteiger partial charge >= 0.3 is 23.9 Å². The van der Waals surface area contributed by atoms with E-state index in [2.05, 4.69) is 0 Å². The molecule has 0 atom stereocenters. The summed E-state index contributed by atoms with van der Waals surface area (Å²) in [6.45, 7) is 0. The van der Waals surface area contributed by atoms with Crippen LogP contribution in [0.2, 0.25) is 0 Å². The van der Waals surface area contributed by atoms with Gasteiger partial charge in [-0.2, -0.15) is 16.8 Å². The average molecular weight is 675 g/mol. The van der Waals surface area contributed by atoms with Crippen LogP contribution in [-0.4, -0.2) is 60.0 Å². The maximum absolute atomic E-state index is 13.7. The Morgan fingerprint density at radius 3 is 1.21 bits per heavy atom. The zero-order valence-electron chi connectivity index (χ0n) is 23.4. The standard InChI is InChI=1S/C32H18O13S2/c33-29(34)27-21-7-3-1-5-15(21)9-17-11-19(46(39,40)41)13-23(25(17)27)31(37)45-32(38)24-14-20(47(42,43)44)12-18-10-16-6-2-4-8-22(16)28(26(18)24)30(35)36/h1-14H,(H,33,34)(H,35,36)(H,39,40,41)(H,42,43,44). The molecule has 0 aliphatic rings. The molecule has 0 spiro atoms. The monoisotopic (exact) mass is 674 g/mol. The van der Waals surface area contributed by atoms with Gasteiger partial charge in [0.1, 0.15) is 0 Å². The minimum atomic E-state index is -5.00. The van der Waals surface area contributed by atoms with E-state index in [1.54, 1.807) is 12.1 Å². The summed E-state index contributed by atoms with van der Waals surface area (Å²) >= 11 is 0. The number of hydrogen-bond donors (Lipinski definition) is 4. The van der Waals surface area contributed by atoms with Crippen molar-refractivity contribution < 1.29 is 60.1 Å². The van der Waals surface area contributed by atoms with Crippen LogP contribution in [0.1, 0.15) is 41.4 Å². The number of carbonyl (C=O) groups is 4. The van der Waals surface area contributed by atoms with E-state index in [-0.39, 0.29) is 32.3 Å². The van der Waals surface area contributed by atoms with E-state index in [4.69, 9.17) is 4.74 Å². The van der Waals surface area contributed by atoms with Gasteiger partial charge in [0.15, 0.2) is 0 Å². The van der Waals surface area contributed by atoms with Crippen LogP contribution < -0.4 is 0 Å². The predicted octanol–water partition coefficient (Wildman–Crippen LogP) is 5.19. The molecule has 0 bridgehead atoms. The maximum Gasteiger partial charge on any atom is 0.346 e. The first-order chi connectivity index (χ1) is 22.1. The number of rotatable bonds is 6. The van der Waals surface area contributed by atoms with Gasteiger partial charge in [-0.3, -0.25) is 9.11 Å². The van der Waals surface area contributed by atoms with E-state index in [0.29, 0.717) is 22.9 Å². The molecule has 4 N–H and O–H groups in total. The topological polar surface area (TPSA) is 227 Å². The highest BCUT2D eigenvalue weighted by Crippen LogP contribution is 2.36. The second-order valence-corrected chi connectivity index (χ2v) is 13.2. The Labute approximate surface area is 263 Å². The normalized spacial score (nSPS) is 12.0. The molecule has 0 heterocycles. The lowest BCUT2D eigenvalue weighted by molar-refractivity contribution is 0.0400. The lowest BCUT2D eigenvalue weighted by Crippen LogP contribution is -2.17. The van der Waals surface area contributed by atoms with Crippen molar-refractivity contribution in [2.45, 2.75) is 9.79 Å². The third-order valence-electron chi connectivity index (χ3n) is 7.52. The zero-order chi connectivity index (χ0) is 34.0. The molecule has 6 rings (SSSR count). The first-order valence-electron chi connectivity index (χ1n) is 13.2. The molecule has 0 saturated carbocycles. The third-order valence-corrected chi connectivity index (χ3v) is 9.18. The number of ether oxygens (including phenoxy) is 1. The Bertz CT molecular complexity index is 2460. The Morgan fingerprint density at radius 2 is 0.872 bits per heavy atom. The van der Waals surface area contributed by atoms with Gasteiger partial charge in [-0.1, -0.05) is 48.5 Å². The summed E-state index contributed by atoms with van der Waals surface area (Å²) in [7, 11) is -10.0. The van der Waals surface area contributed by atoms with Crippen molar-refractivity contribution in [2.24, 2.45) is 0 Å². The average Bonchev–Trinajstić information content (AvgIpc) is 2.99. The molecule has 236 valence electrons. The molecule has 0 aliphatic carbocycles. The smallest absolute Gasteiger partial charge is 0.346 e. The molecule has 13 nitrogen and oxygen atoms in total. The molecule has 0 unspecified atom stereocenters. The molecule has 0 aromatic heterocycles. The van der Waals surface area contributed by atoms with Crippen LogP contribution >= 0.6 is 0 Å². The van der Waals surface area contributed by atoms with Gasteiger partial charge in [-0.25, -0.2) is 19.2 Å². The number of fused-ring (bicyclic) bond motifs is 4. The van der Waals surface area contributed by atoms with Crippen LogP contribution in [0.3, 0.4) is 0 Å². The van der Waals surface area contributed by atoms with Crippen LogP contribution in [-0.2, 0) is 25.0 Å². The van der Waals surface area contributed by atoms with Crippen LogP contribution in [0.4, 0.5) is 0 Å². The third kappa shape index (κ3) is 5.42. The van der Waals surface area contributed by atoms with Gasteiger partial charge in [0.25, 0.3) is 20.2 Å². The Hall–Kier alpha value is -5.74. The molecular formula is C32H18O13S2. The highest BCUT2D eigenvalue weighted by Gasteiger charge is 2.29. The number of benzene rings is 6. The van der Waals surface area contributed by atoms with E-state index in [1.165, 1.54) is 48.5 Å². The van der Waals surface area contributed by atoms with Gasteiger partial charge in [0.05, 0.1) is 32.0 Å². The van der Waals surface area contributed by atoms with E-state index in [0.717, 1.165) is 12.1 Å². The highest BCUT2D eigenvalue weighted by molar-refractivity contribution is 7.86. The van der Waals surface area contributed by atoms with Crippen molar-refractivity contribution in [2.75, 3.05) is 0 Å². The fraction of sp³-hybridized carbons (Fsp3) is 0. The SMILES string of the molecule is O=C(OC(=O)c1cc(S(=O)(=O)O)cc2cc3ccccc3c(C(=O)O)c12)c1cc(S(=O)(=O)O)cc2cc3ccccc3c(C(=O)O)c12. The maximum atomic E-state index is 13.7. The van der Waals surface area contributed by atoms with E-state index in [1.807, 2.05) is 0 Å². The van der Waals surface area contributed by atoms with E-state index < -0.39 is 76.2 Å². The summed E-state index contributed by atoms with van der Waals surface area (Å²) in [6, 6.07) is 17.9. The van der Waals surface area contributed by atoms with Crippen LogP contribution in [0.5, 0.6) is 0 Å². The Morgan fingerprint density at radius 1 is 0.511 bits per heavy atom. The van der Waals surface area contributed by atoms with Gasteiger partial charge in [0.2, 0.25) is 0 Å². The van der Waals surface area contributed by atoms with Gasteiger partial charge in [0, 0.05) is 10.8 Å². The first kappa shape index (κ1) is 31.3. The first-order valence-corrected chi connectivity index (χ1v) is 16.1. The fourth-order valence-corrected chi connectivity index (χ4v) is 6.71. The molecule has 0 radical (unpaired) electrons. The largest absolute Gasteiger partial charge is 0.478 e. The number of carboxylic acids is 2. The van der Waals surface area contributed by atoms with Crippen molar-refractivity contribution >= 4 is 87.2 Å². The molecule has 0 aliphatic heterocycles. The van der Waals surface area contributed by atoms with E-state index in [9.17, 15) is 55.3 Å². The lowest BCUT2D eigenvalue weighted by atomic mass is 9.93. The number of esters is 2. The summed E-state index contributed by atoms with van der Waals surface area (Å²) < 4.78 is 73.2. The number of hydrogen-bond acceptors (Lipinski definition) is 9. The van der Waals surface area contributed by atoms with Crippen LogP contribution in [0.25, 0.3) is 43.1 Å². The minimum Gasteiger partial charge on any atom is -0.478 e. The molecule has 0 fully saturated rings. The summed E-state index contributed by atoms with van der Waals surface area (Å²) in [5, 5.41) is 20.3. The molecular weight excluding hydrogens is 656 g/mol. The minimum absolute atomic E-state index is 0.130. The predicted molar refractivity (Wildman–Crippen MR) is 166 cm³/mol. The number of carboxylic acid groups (broad SMARTS) is 2. The number of aromatic carboxylic acids is 2. The summed E-state index contributed by atoms with van der Waals surface area (Å²) in [5.41, 5.74) is -2.47. The molecule has 0 saturated heterocycles. The second-order valence-electron chi connectivity index (χ2n) is 10.3. The van der Waals surface area contributed by atoms with Crippen molar-refractivity contribution in [3.8, 4) is 0 Å². The molecule has 0 amide bonds. The van der Waals surface area contributed by atoms with Crippen molar-refractivity contribution in [1.82, 2.24) is 0 Å². The van der Waals surface area contributed by atoms with Gasteiger partial charge < -0.3 is 14.9 Å². The lowest BCUT2D eigenvalue weighted by Gasteiger charge is -2.15. The molecule has 6 aromatic carbocycles. The summed E-state index contributed by atoms with van der Waals surface area (Å²) in [5.74, 6) is -6.30.